The molecule has 1 atom stereocenters. The largest absolute Gasteiger partial charge is 0.374 e. The van der Waals surface area contributed by atoms with Gasteiger partial charge in [-0.05, 0) is 13.3 Å². The van der Waals surface area contributed by atoms with Crippen molar-refractivity contribution in [2.45, 2.75) is 38.7 Å². The molecule has 0 spiro atoms. The number of alkyl halides is 2. The SMILES string of the molecule is CCCC(C)(N)C(=O)NCCOCC(F)F. The molecule has 1 amide bonds. The zero-order valence-corrected chi connectivity index (χ0v) is 9.76. The molecule has 0 heterocycles. The van der Waals surface area contributed by atoms with Crippen molar-refractivity contribution in [1.29, 1.82) is 0 Å². The highest BCUT2D eigenvalue weighted by atomic mass is 19.3. The monoisotopic (exact) mass is 238 g/mol. The maximum Gasteiger partial charge on any atom is 0.261 e. The molecule has 96 valence electrons. The van der Waals surface area contributed by atoms with Gasteiger partial charge in [0.2, 0.25) is 5.91 Å². The van der Waals surface area contributed by atoms with Crippen molar-refractivity contribution in [3.05, 3.63) is 0 Å². The number of carbonyl (C=O) groups is 1. The fourth-order valence-corrected chi connectivity index (χ4v) is 1.24. The summed E-state index contributed by atoms with van der Waals surface area (Å²) in [6, 6.07) is 0. The number of amides is 1. The molecule has 0 radical (unpaired) electrons. The highest BCUT2D eigenvalue weighted by molar-refractivity contribution is 5.85. The van der Waals surface area contributed by atoms with Gasteiger partial charge in [0.25, 0.3) is 6.43 Å². The molecule has 0 aromatic heterocycles. The third-order valence-electron chi connectivity index (χ3n) is 2.06. The molecule has 16 heavy (non-hydrogen) atoms. The van der Waals surface area contributed by atoms with Crippen LogP contribution in [0.3, 0.4) is 0 Å². The Hall–Kier alpha value is -0.750. The summed E-state index contributed by atoms with van der Waals surface area (Å²) in [6.45, 7) is 3.24. The van der Waals surface area contributed by atoms with E-state index in [9.17, 15) is 13.6 Å². The average molecular weight is 238 g/mol. The number of halogens is 2. The summed E-state index contributed by atoms with van der Waals surface area (Å²) < 4.78 is 28.0. The van der Waals surface area contributed by atoms with Gasteiger partial charge in [-0.1, -0.05) is 13.3 Å². The summed E-state index contributed by atoms with van der Waals surface area (Å²) in [6.07, 6.45) is -1.09. The van der Waals surface area contributed by atoms with Crippen LogP contribution in [-0.4, -0.2) is 37.6 Å². The van der Waals surface area contributed by atoms with E-state index in [1.165, 1.54) is 0 Å². The van der Waals surface area contributed by atoms with Crippen molar-refractivity contribution >= 4 is 5.91 Å². The van der Waals surface area contributed by atoms with Crippen molar-refractivity contribution < 1.29 is 18.3 Å². The van der Waals surface area contributed by atoms with Crippen LogP contribution in [0.1, 0.15) is 26.7 Å². The summed E-state index contributed by atoms with van der Waals surface area (Å²) in [5, 5.41) is 2.55. The summed E-state index contributed by atoms with van der Waals surface area (Å²) in [7, 11) is 0. The zero-order chi connectivity index (χ0) is 12.6. The van der Waals surface area contributed by atoms with E-state index in [1.807, 2.05) is 6.92 Å². The molecule has 1 unspecified atom stereocenters. The van der Waals surface area contributed by atoms with E-state index in [1.54, 1.807) is 6.92 Å². The van der Waals surface area contributed by atoms with Gasteiger partial charge in [-0.2, -0.15) is 0 Å². The molecule has 6 heteroatoms. The van der Waals surface area contributed by atoms with Gasteiger partial charge >= 0.3 is 0 Å². The average Bonchev–Trinajstić information content (AvgIpc) is 2.16. The lowest BCUT2D eigenvalue weighted by molar-refractivity contribution is -0.126. The van der Waals surface area contributed by atoms with E-state index in [0.717, 1.165) is 6.42 Å². The Balaban J connectivity index is 3.65. The van der Waals surface area contributed by atoms with Crippen molar-refractivity contribution in [3.63, 3.8) is 0 Å². The number of rotatable bonds is 8. The van der Waals surface area contributed by atoms with Crippen molar-refractivity contribution in [2.24, 2.45) is 5.73 Å². The number of nitrogens with one attached hydrogen (secondary N) is 1. The first kappa shape index (κ1) is 15.2. The van der Waals surface area contributed by atoms with Gasteiger partial charge in [0, 0.05) is 6.54 Å². The third-order valence-corrected chi connectivity index (χ3v) is 2.06. The summed E-state index contributed by atoms with van der Waals surface area (Å²) in [4.78, 5) is 11.5. The highest BCUT2D eigenvalue weighted by Gasteiger charge is 2.26. The second-order valence-electron chi connectivity index (χ2n) is 3.89. The lowest BCUT2D eigenvalue weighted by Crippen LogP contribution is -2.52. The van der Waals surface area contributed by atoms with Crippen LogP contribution in [0.5, 0.6) is 0 Å². The molecule has 0 aliphatic rings. The van der Waals surface area contributed by atoms with Crippen LogP contribution in [0.15, 0.2) is 0 Å². The van der Waals surface area contributed by atoms with Gasteiger partial charge in [0.1, 0.15) is 6.61 Å². The van der Waals surface area contributed by atoms with Gasteiger partial charge in [-0.15, -0.1) is 0 Å². The minimum atomic E-state index is -2.48. The van der Waals surface area contributed by atoms with Crippen LogP contribution in [0, 0.1) is 0 Å². The quantitative estimate of drug-likeness (QED) is 0.617. The first-order valence-electron chi connectivity index (χ1n) is 5.33. The zero-order valence-electron chi connectivity index (χ0n) is 9.76. The highest BCUT2D eigenvalue weighted by Crippen LogP contribution is 2.07. The van der Waals surface area contributed by atoms with Crippen molar-refractivity contribution in [1.82, 2.24) is 5.32 Å². The molecule has 0 rings (SSSR count). The maximum atomic E-state index is 11.7. The molecule has 0 bridgehead atoms. The molecule has 0 fully saturated rings. The second-order valence-corrected chi connectivity index (χ2v) is 3.89. The Labute approximate surface area is 94.5 Å². The van der Waals surface area contributed by atoms with E-state index >= 15 is 0 Å². The summed E-state index contributed by atoms with van der Waals surface area (Å²) >= 11 is 0. The van der Waals surface area contributed by atoms with E-state index in [0.29, 0.717) is 6.42 Å². The molecule has 3 N–H and O–H groups in total. The van der Waals surface area contributed by atoms with Crippen LogP contribution in [-0.2, 0) is 9.53 Å². The molecule has 4 nitrogen and oxygen atoms in total. The van der Waals surface area contributed by atoms with Gasteiger partial charge in [-0.25, -0.2) is 8.78 Å². The number of nitrogens with two attached hydrogens (primary N) is 1. The predicted octanol–water partition coefficient (Wildman–Crippen LogP) is 0.902. The standard InChI is InChI=1S/C10H20F2N2O2/c1-3-4-10(2,13)9(15)14-5-6-16-7-8(11)12/h8H,3-7,13H2,1-2H3,(H,14,15). The lowest BCUT2D eigenvalue weighted by Gasteiger charge is -2.22. The van der Waals surface area contributed by atoms with Crippen LogP contribution in [0.2, 0.25) is 0 Å². The summed E-state index contributed by atoms with van der Waals surface area (Å²) in [5.74, 6) is -0.282. The minimum Gasteiger partial charge on any atom is -0.374 e. The van der Waals surface area contributed by atoms with Crippen LogP contribution >= 0.6 is 0 Å². The second kappa shape index (κ2) is 7.51. The van der Waals surface area contributed by atoms with Crippen LogP contribution in [0.25, 0.3) is 0 Å². The molecule has 0 aliphatic heterocycles. The molecule has 0 saturated heterocycles. The fraction of sp³-hybridized carbons (Fsp3) is 0.900. The molecule has 0 aromatic rings. The summed E-state index contributed by atoms with van der Waals surface area (Å²) in [5.41, 5.74) is 4.86. The van der Waals surface area contributed by atoms with Gasteiger partial charge in [0.15, 0.2) is 0 Å². The number of carbonyl (C=O) groups excluding carboxylic acids is 1. The Morgan fingerprint density at radius 1 is 1.56 bits per heavy atom. The maximum absolute atomic E-state index is 11.7. The Morgan fingerprint density at radius 3 is 2.69 bits per heavy atom. The van der Waals surface area contributed by atoms with Gasteiger partial charge in [0.05, 0.1) is 12.1 Å². The first-order chi connectivity index (χ1) is 7.40. The number of ether oxygens (including phenoxy) is 1. The predicted molar refractivity (Wildman–Crippen MR) is 57.3 cm³/mol. The molecule has 0 aromatic carbocycles. The lowest BCUT2D eigenvalue weighted by atomic mass is 9.97. The van der Waals surface area contributed by atoms with Gasteiger partial charge in [-0.3, -0.25) is 4.79 Å². The van der Waals surface area contributed by atoms with E-state index in [-0.39, 0.29) is 19.1 Å². The number of hydrogen-bond acceptors (Lipinski definition) is 3. The van der Waals surface area contributed by atoms with Crippen LogP contribution in [0.4, 0.5) is 8.78 Å². The Bertz CT molecular complexity index is 211. The third kappa shape index (κ3) is 6.68. The topological polar surface area (TPSA) is 64.4 Å². The fourth-order valence-electron chi connectivity index (χ4n) is 1.24. The Kier molecular flexibility index (Phi) is 7.16. The Morgan fingerprint density at radius 2 is 2.19 bits per heavy atom. The van der Waals surface area contributed by atoms with Crippen LogP contribution < -0.4 is 11.1 Å². The van der Waals surface area contributed by atoms with Gasteiger partial charge < -0.3 is 15.8 Å². The number of hydrogen-bond donors (Lipinski definition) is 2. The smallest absolute Gasteiger partial charge is 0.261 e. The van der Waals surface area contributed by atoms with E-state index in [2.05, 4.69) is 10.1 Å². The van der Waals surface area contributed by atoms with Crippen molar-refractivity contribution in [2.75, 3.05) is 19.8 Å². The van der Waals surface area contributed by atoms with E-state index < -0.39 is 18.6 Å². The first-order valence-corrected chi connectivity index (χ1v) is 5.33. The minimum absolute atomic E-state index is 0.0677. The van der Waals surface area contributed by atoms with E-state index in [4.69, 9.17) is 5.73 Å². The molecule has 0 aliphatic carbocycles. The van der Waals surface area contributed by atoms with Crippen molar-refractivity contribution in [3.8, 4) is 0 Å². The normalized spacial score (nSPS) is 14.9. The molecular formula is C10H20F2N2O2. The molecule has 0 saturated carbocycles. The molecular weight excluding hydrogens is 218 g/mol.